The third kappa shape index (κ3) is 17.0. The Hall–Kier alpha value is -2.09. The summed E-state index contributed by atoms with van der Waals surface area (Å²) >= 11 is -2.23. The van der Waals surface area contributed by atoms with Crippen LogP contribution in [0.4, 0.5) is 0 Å². The number of ether oxygens (including phenoxy) is 1. The van der Waals surface area contributed by atoms with Crippen molar-refractivity contribution in [3.63, 3.8) is 0 Å². The van der Waals surface area contributed by atoms with Gasteiger partial charge in [0.05, 0.1) is 0 Å². The summed E-state index contributed by atoms with van der Waals surface area (Å²) in [6, 6.07) is -0.154. The summed E-state index contributed by atoms with van der Waals surface area (Å²) in [6.45, 7) is 4.60. The van der Waals surface area contributed by atoms with Crippen LogP contribution >= 0.6 is 0 Å². The Morgan fingerprint density at radius 2 is 1.38 bits per heavy atom. The zero-order valence-corrected chi connectivity index (χ0v) is 29.9. The predicted octanol–water partition coefficient (Wildman–Crippen LogP) is 5.86. The van der Waals surface area contributed by atoms with Gasteiger partial charge in [0.25, 0.3) is 0 Å². The lowest BCUT2D eigenvalue weighted by molar-refractivity contribution is -0.148. The van der Waals surface area contributed by atoms with Crippen LogP contribution in [0.3, 0.4) is 0 Å². The molecule has 0 amide bonds. The molecule has 13 heteroatoms. The maximum atomic E-state index is 12.5. The van der Waals surface area contributed by atoms with E-state index in [2.05, 4.69) is 4.90 Å². The molecule has 48 heavy (non-hydrogen) atoms. The molecule has 2 fully saturated rings. The van der Waals surface area contributed by atoms with Crippen LogP contribution in [-0.2, 0) is 35.2 Å². The van der Waals surface area contributed by atoms with Crippen molar-refractivity contribution in [2.75, 3.05) is 32.8 Å². The SMILES string of the molecule is CCCC(=O)OC[C@H]1[C@H](CCCC(=O)O)[C@H](CCCC(=O)O)[C@H](CCCC(=O)O)CN1CCCCCCN(CC1CCCCC1)S(=O)[O-]. The molecule has 0 spiro atoms. The van der Waals surface area contributed by atoms with Crippen LogP contribution < -0.4 is 0 Å². The van der Waals surface area contributed by atoms with Gasteiger partial charge in [-0.3, -0.25) is 28.3 Å². The van der Waals surface area contributed by atoms with Gasteiger partial charge in [-0.15, -0.1) is 0 Å². The van der Waals surface area contributed by atoms with Crippen LogP contribution in [0.2, 0.25) is 0 Å². The van der Waals surface area contributed by atoms with Crippen molar-refractivity contribution in [2.24, 2.45) is 23.7 Å². The van der Waals surface area contributed by atoms with E-state index in [0.717, 1.165) is 45.1 Å². The lowest BCUT2D eigenvalue weighted by atomic mass is 9.68. The first-order valence-electron chi connectivity index (χ1n) is 18.4. The molecule has 12 nitrogen and oxygen atoms in total. The minimum Gasteiger partial charge on any atom is -0.760 e. The molecule has 1 saturated carbocycles. The van der Waals surface area contributed by atoms with E-state index in [1.54, 1.807) is 4.31 Å². The molecule has 2 rings (SSSR count). The molecule has 2 aliphatic rings. The predicted molar refractivity (Wildman–Crippen MR) is 182 cm³/mol. The van der Waals surface area contributed by atoms with E-state index in [1.807, 2.05) is 6.92 Å². The lowest BCUT2D eigenvalue weighted by Crippen LogP contribution is -2.55. The number of nitrogens with zero attached hydrogens (tertiary/aromatic N) is 2. The van der Waals surface area contributed by atoms with Gasteiger partial charge in [0, 0.05) is 62.6 Å². The van der Waals surface area contributed by atoms with E-state index in [-0.39, 0.29) is 55.6 Å². The third-order valence-corrected chi connectivity index (χ3v) is 11.0. The van der Waals surface area contributed by atoms with Crippen molar-refractivity contribution in [3.8, 4) is 0 Å². The number of unbranched alkanes of at least 4 members (excludes halogenated alkanes) is 3. The van der Waals surface area contributed by atoms with Gasteiger partial charge < -0.3 is 24.6 Å². The fraction of sp³-hybridized carbons (Fsp3) is 0.886. The molecule has 0 aromatic carbocycles. The molecule has 1 heterocycles. The van der Waals surface area contributed by atoms with Gasteiger partial charge in [0.15, 0.2) is 0 Å². The van der Waals surface area contributed by atoms with E-state index in [0.29, 0.717) is 76.9 Å². The Morgan fingerprint density at radius 1 is 0.792 bits per heavy atom. The van der Waals surface area contributed by atoms with Crippen molar-refractivity contribution in [1.29, 1.82) is 0 Å². The van der Waals surface area contributed by atoms with Crippen molar-refractivity contribution >= 4 is 35.1 Å². The summed E-state index contributed by atoms with van der Waals surface area (Å²) in [7, 11) is 0. The summed E-state index contributed by atoms with van der Waals surface area (Å²) < 4.78 is 31.1. The molecular weight excluding hydrogens is 640 g/mol. The molecule has 278 valence electrons. The number of hydrogen-bond donors (Lipinski definition) is 3. The first-order chi connectivity index (χ1) is 23.0. The number of carbonyl (C=O) groups is 4. The maximum Gasteiger partial charge on any atom is 0.305 e. The Morgan fingerprint density at radius 3 is 1.96 bits per heavy atom. The van der Waals surface area contributed by atoms with Crippen LogP contribution in [0.25, 0.3) is 0 Å². The molecule has 1 saturated heterocycles. The van der Waals surface area contributed by atoms with Crippen molar-refractivity contribution < 1.29 is 48.0 Å². The first kappa shape index (κ1) is 42.1. The zero-order chi connectivity index (χ0) is 35.3. The van der Waals surface area contributed by atoms with E-state index >= 15 is 0 Å². The van der Waals surface area contributed by atoms with Crippen molar-refractivity contribution in [3.05, 3.63) is 0 Å². The summed E-state index contributed by atoms with van der Waals surface area (Å²) in [5.41, 5.74) is 0. The molecule has 0 aromatic heterocycles. The summed E-state index contributed by atoms with van der Waals surface area (Å²) in [4.78, 5) is 49.0. The van der Waals surface area contributed by atoms with E-state index in [4.69, 9.17) is 4.74 Å². The highest BCUT2D eigenvalue weighted by Gasteiger charge is 2.43. The Kier molecular flexibility index (Phi) is 21.1. The number of rotatable bonds is 26. The van der Waals surface area contributed by atoms with Crippen molar-refractivity contribution in [1.82, 2.24) is 9.21 Å². The van der Waals surface area contributed by atoms with Crippen LogP contribution in [0.5, 0.6) is 0 Å². The number of aliphatic carboxylic acids is 3. The quantitative estimate of drug-likeness (QED) is 0.0557. The van der Waals surface area contributed by atoms with Gasteiger partial charge in [-0.05, 0) is 101 Å². The minimum atomic E-state index is -2.23. The number of esters is 1. The molecule has 0 bridgehead atoms. The van der Waals surface area contributed by atoms with E-state index in [1.165, 1.54) is 19.3 Å². The minimum absolute atomic E-state index is 0.0102. The van der Waals surface area contributed by atoms with Gasteiger partial charge >= 0.3 is 23.9 Å². The second kappa shape index (κ2) is 24.1. The molecule has 5 atom stereocenters. The summed E-state index contributed by atoms with van der Waals surface area (Å²) in [6.07, 6.45) is 13.5. The average molecular weight is 702 g/mol. The Labute approximate surface area is 289 Å². The normalized spacial score (nSPS) is 22.8. The second-order valence-corrected chi connectivity index (χ2v) is 14.9. The number of likely N-dealkylation sites (tertiary alicyclic amines) is 1. The van der Waals surface area contributed by atoms with Gasteiger partial charge in [0.1, 0.15) is 6.61 Å². The van der Waals surface area contributed by atoms with Gasteiger partial charge in [-0.2, -0.15) is 0 Å². The fourth-order valence-electron chi connectivity index (χ4n) is 7.91. The van der Waals surface area contributed by atoms with Crippen LogP contribution in [0.1, 0.15) is 135 Å². The number of hydrogen-bond acceptors (Lipinski definition) is 8. The highest BCUT2D eigenvalue weighted by Crippen LogP contribution is 2.42. The van der Waals surface area contributed by atoms with Gasteiger partial charge in [-0.1, -0.05) is 39.0 Å². The monoisotopic (exact) mass is 701 g/mol. The molecular formula is C35H61N2O10S-. The van der Waals surface area contributed by atoms with E-state index in [9.17, 15) is 43.3 Å². The third-order valence-electron chi connectivity index (χ3n) is 10.3. The first-order valence-corrected chi connectivity index (χ1v) is 19.4. The van der Waals surface area contributed by atoms with Crippen LogP contribution in [0.15, 0.2) is 0 Å². The average Bonchev–Trinajstić information content (AvgIpc) is 3.02. The number of carboxylic acids is 3. The fourth-order valence-corrected chi connectivity index (χ4v) is 8.53. The zero-order valence-electron chi connectivity index (χ0n) is 29.1. The maximum absolute atomic E-state index is 12.5. The Balaban J connectivity index is 2.14. The summed E-state index contributed by atoms with van der Waals surface area (Å²) in [5, 5.41) is 28.0. The second-order valence-electron chi connectivity index (χ2n) is 14.0. The molecule has 1 aliphatic heterocycles. The van der Waals surface area contributed by atoms with Crippen LogP contribution in [0, 0.1) is 23.7 Å². The standard InChI is InChI=1S/C35H62N2O10S/c1-2-13-35(44)47-26-31-30(18-12-21-34(42)43)29(17-11-20-33(40)41)28(16-10-19-32(38)39)25-36(31)22-8-3-4-9-23-37(48(45)46)24-27-14-6-5-7-15-27/h27-31H,2-26H2,1H3,(H,38,39)(H,40,41)(H,42,43)(H,45,46)/p-1/t28-,29-,30-,31+/m1/s1. The Bertz CT molecular complexity index is 992. The molecule has 0 radical (unpaired) electrons. The molecule has 3 N–H and O–H groups in total. The number of piperidine rings is 1. The topological polar surface area (TPSA) is 185 Å². The smallest absolute Gasteiger partial charge is 0.305 e. The van der Waals surface area contributed by atoms with Gasteiger partial charge in [0.2, 0.25) is 0 Å². The number of carboxylic acid groups (broad SMARTS) is 3. The largest absolute Gasteiger partial charge is 0.760 e. The molecule has 1 unspecified atom stereocenters. The highest BCUT2D eigenvalue weighted by atomic mass is 32.2. The molecule has 0 aromatic rings. The lowest BCUT2D eigenvalue weighted by Gasteiger charge is -2.50. The number of carbonyl (C=O) groups excluding carboxylic acids is 1. The summed E-state index contributed by atoms with van der Waals surface area (Å²) in [5.74, 6) is -2.32. The van der Waals surface area contributed by atoms with Crippen molar-refractivity contribution in [2.45, 2.75) is 141 Å². The van der Waals surface area contributed by atoms with Gasteiger partial charge in [-0.25, -0.2) is 4.31 Å². The van der Waals surface area contributed by atoms with Crippen LogP contribution in [-0.4, -0.2) is 96.0 Å². The molecule has 1 aliphatic carbocycles. The van der Waals surface area contributed by atoms with E-state index < -0.39 is 29.2 Å². The highest BCUT2D eigenvalue weighted by molar-refractivity contribution is 7.76.